The molecule has 0 fully saturated rings. The van der Waals surface area contributed by atoms with Crippen LogP contribution in [0.15, 0.2) is 16.7 Å². The minimum atomic E-state index is -2.95. The topological polar surface area (TPSA) is 74.1 Å². The number of rotatable bonds is 5. The van der Waals surface area contributed by atoms with Crippen molar-refractivity contribution in [2.24, 2.45) is 0 Å². The lowest BCUT2D eigenvalue weighted by atomic mass is 10.3. The van der Waals surface area contributed by atoms with Gasteiger partial charge < -0.3 is 4.74 Å². The average molecular weight is 425 g/mol. The van der Waals surface area contributed by atoms with Crippen LogP contribution in [-0.2, 0) is 22.4 Å². The number of nitrogens with zero attached hydrogens (tertiary/aromatic N) is 3. The van der Waals surface area contributed by atoms with E-state index in [2.05, 4.69) is 30.6 Å². The van der Waals surface area contributed by atoms with Crippen LogP contribution < -0.4 is 4.74 Å². The van der Waals surface area contributed by atoms with E-state index in [4.69, 9.17) is 21.2 Å². The lowest BCUT2D eigenvalue weighted by molar-refractivity contribution is -0.191. The molecular formula is C14H13BrClF2N3O3. The molecule has 2 rings (SSSR count). The summed E-state index contributed by atoms with van der Waals surface area (Å²) in [7, 11) is 0. The third-order valence-electron chi connectivity index (χ3n) is 2.84. The van der Waals surface area contributed by atoms with Gasteiger partial charge in [0.2, 0.25) is 0 Å². The van der Waals surface area contributed by atoms with Gasteiger partial charge >= 0.3 is 12.8 Å². The Balaban J connectivity index is 0.000000891. The first-order chi connectivity index (χ1) is 11.4. The minimum Gasteiger partial charge on any atom is -0.431 e. The van der Waals surface area contributed by atoms with Crippen LogP contribution in [0.3, 0.4) is 0 Å². The van der Waals surface area contributed by atoms with Gasteiger partial charge in [0.15, 0.2) is 11.6 Å². The zero-order valence-electron chi connectivity index (χ0n) is 12.7. The molecule has 0 aliphatic heterocycles. The highest BCUT2D eigenvalue weighted by molar-refractivity contribution is 9.10. The molecule has 2 aromatic heterocycles. The van der Waals surface area contributed by atoms with Crippen molar-refractivity contribution in [2.45, 2.75) is 33.3 Å². The van der Waals surface area contributed by atoms with Crippen LogP contribution in [0.25, 0.3) is 5.82 Å². The summed E-state index contributed by atoms with van der Waals surface area (Å²) in [5, 5.41) is 0.364. The highest BCUT2D eigenvalue weighted by Crippen LogP contribution is 2.31. The Labute approximate surface area is 149 Å². The first-order valence-corrected chi connectivity index (χ1v) is 7.92. The summed E-state index contributed by atoms with van der Waals surface area (Å²) >= 11 is 9.48. The van der Waals surface area contributed by atoms with E-state index in [0.29, 0.717) is 34.0 Å². The number of imidazole rings is 1. The molecule has 0 aliphatic carbocycles. The summed E-state index contributed by atoms with van der Waals surface area (Å²) in [5.41, 5.74) is 0.696. The Morgan fingerprint density at radius 2 is 2.00 bits per heavy atom. The van der Waals surface area contributed by atoms with Crippen molar-refractivity contribution in [1.29, 1.82) is 0 Å². The summed E-state index contributed by atoms with van der Waals surface area (Å²) in [6.07, 6.45) is 2.97. The van der Waals surface area contributed by atoms with E-state index in [1.54, 1.807) is 4.57 Å². The fraction of sp³-hybridized carbons (Fsp3) is 0.357. The number of aromatic nitrogens is 3. The largest absolute Gasteiger partial charge is 0.431 e. The monoisotopic (exact) mass is 423 g/mol. The molecule has 0 aliphatic rings. The number of pyridine rings is 1. The quantitative estimate of drug-likeness (QED) is 0.729. The zero-order valence-corrected chi connectivity index (χ0v) is 15.1. The average Bonchev–Trinajstić information content (AvgIpc) is 2.84. The summed E-state index contributed by atoms with van der Waals surface area (Å²) in [5.74, 6) is 0.786. The maximum absolute atomic E-state index is 12.6. The molecule has 0 radical (unpaired) electrons. The smallest absolute Gasteiger partial charge is 0.387 e. The lowest BCUT2D eigenvalue weighted by Crippen LogP contribution is -2.09. The Hall–Kier alpha value is -1.83. The first kappa shape index (κ1) is 20.2. The van der Waals surface area contributed by atoms with Crippen molar-refractivity contribution in [2.75, 3.05) is 0 Å². The summed E-state index contributed by atoms with van der Waals surface area (Å²) < 4.78 is 31.8. The van der Waals surface area contributed by atoms with Gasteiger partial charge in [-0.2, -0.15) is 18.4 Å². The predicted molar refractivity (Wildman–Crippen MR) is 84.5 cm³/mol. The molecule has 2 heterocycles. The number of aryl methyl sites for hydroxylation is 2. The Morgan fingerprint density at radius 3 is 2.50 bits per heavy atom. The van der Waals surface area contributed by atoms with Gasteiger partial charge in [-0.05, 0) is 22.4 Å². The summed E-state index contributed by atoms with van der Waals surface area (Å²) in [6, 6.07) is 1.43. The van der Waals surface area contributed by atoms with E-state index >= 15 is 0 Å². The maximum Gasteiger partial charge on any atom is 0.387 e. The van der Waals surface area contributed by atoms with Gasteiger partial charge in [-0.3, -0.25) is 4.57 Å². The number of carbonyl (C=O) groups excluding carboxylic acids is 2. The fourth-order valence-electron chi connectivity index (χ4n) is 1.94. The van der Waals surface area contributed by atoms with E-state index in [0.717, 1.165) is 0 Å². The number of alkyl halides is 2. The van der Waals surface area contributed by atoms with Gasteiger partial charge in [0.1, 0.15) is 11.0 Å². The van der Waals surface area contributed by atoms with Crippen molar-refractivity contribution >= 4 is 33.7 Å². The van der Waals surface area contributed by atoms with Gasteiger partial charge in [-0.15, -0.1) is 0 Å². The Bertz CT molecular complexity index is 734. The van der Waals surface area contributed by atoms with E-state index in [-0.39, 0.29) is 17.7 Å². The summed E-state index contributed by atoms with van der Waals surface area (Å²) in [4.78, 5) is 24.8. The SMILES string of the molecule is CCc1nc(CC)n(-c2ncc(Br)cc2OC(F)F)c1Cl.O=C=O. The second kappa shape index (κ2) is 9.46. The van der Waals surface area contributed by atoms with Crippen LogP contribution in [0, 0.1) is 0 Å². The zero-order chi connectivity index (χ0) is 18.3. The van der Waals surface area contributed by atoms with Crippen LogP contribution in [0.5, 0.6) is 5.75 Å². The molecule has 0 spiro atoms. The second-order valence-corrected chi connectivity index (χ2v) is 5.52. The molecule has 2 aromatic rings. The Morgan fingerprint density at radius 1 is 1.38 bits per heavy atom. The third-order valence-corrected chi connectivity index (χ3v) is 3.66. The Kier molecular flexibility index (Phi) is 7.97. The van der Waals surface area contributed by atoms with E-state index in [1.807, 2.05) is 13.8 Å². The maximum atomic E-state index is 12.6. The first-order valence-electron chi connectivity index (χ1n) is 6.75. The molecule has 0 amide bonds. The molecule has 0 bridgehead atoms. The van der Waals surface area contributed by atoms with Crippen LogP contribution in [0.1, 0.15) is 25.4 Å². The highest BCUT2D eigenvalue weighted by atomic mass is 79.9. The molecule has 0 saturated heterocycles. The fourth-order valence-corrected chi connectivity index (χ4v) is 2.60. The number of hydrogen-bond acceptors (Lipinski definition) is 5. The minimum absolute atomic E-state index is 0.0592. The van der Waals surface area contributed by atoms with Crippen molar-refractivity contribution < 1.29 is 23.1 Å². The van der Waals surface area contributed by atoms with Crippen LogP contribution in [0.4, 0.5) is 8.78 Å². The number of halogens is 4. The predicted octanol–water partition coefficient (Wildman–Crippen LogP) is 3.83. The van der Waals surface area contributed by atoms with Crippen molar-refractivity contribution in [3.8, 4) is 11.6 Å². The molecule has 0 saturated carbocycles. The third kappa shape index (κ3) is 4.83. The van der Waals surface area contributed by atoms with E-state index < -0.39 is 6.61 Å². The van der Waals surface area contributed by atoms with E-state index in [1.165, 1.54) is 12.3 Å². The van der Waals surface area contributed by atoms with Gasteiger partial charge in [0.25, 0.3) is 0 Å². The molecule has 130 valence electrons. The molecular weight excluding hydrogens is 412 g/mol. The van der Waals surface area contributed by atoms with Crippen molar-refractivity contribution in [3.63, 3.8) is 0 Å². The summed E-state index contributed by atoms with van der Waals surface area (Å²) in [6.45, 7) is 0.878. The second-order valence-electron chi connectivity index (χ2n) is 4.25. The van der Waals surface area contributed by atoms with Crippen LogP contribution in [-0.4, -0.2) is 27.3 Å². The molecule has 0 atom stereocenters. The number of hydrogen-bond donors (Lipinski definition) is 0. The van der Waals surface area contributed by atoms with Crippen LogP contribution in [0.2, 0.25) is 5.15 Å². The molecule has 0 aromatic carbocycles. The lowest BCUT2D eigenvalue weighted by Gasteiger charge is -2.13. The van der Waals surface area contributed by atoms with Gasteiger partial charge in [-0.25, -0.2) is 9.97 Å². The van der Waals surface area contributed by atoms with Crippen molar-refractivity contribution in [1.82, 2.24) is 14.5 Å². The van der Waals surface area contributed by atoms with Gasteiger partial charge in [0, 0.05) is 23.2 Å². The highest BCUT2D eigenvalue weighted by Gasteiger charge is 2.20. The normalized spacial score (nSPS) is 10.1. The van der Waals surface area contributed by atoms with Crippen LogP contribution >= 0.6 is 27.5 Å². The van der Waals surface area contributed by atoms with Gasteiger partial charge in [-0.1, -0.05) is 25.4 Å². The molecule has 6 nitrogen and oxygen atoms in total. The van der Waals surface area contributed by atoms with Gasteiger partial charge in [0.05, 0.1) is 5.69 Å². The molecule has 0 unspecified atom stereocenters. The standard InChI is InChI=1S/C13H13BrClF2N3O.CO2/c1-3-8-11(15)20(10(4-2)19-8)12-9(21-13(16)17)5-7(14)6-18-12;2-1-3/h5-6,13H,3-4H2,1-2H3;. The van der Waals surface area contributed by atoms with Crippen molar-refractivity contribution in [3.05, 3.63) is 33.4 Å². The molecule has 10 heteroatoms. The molecule has 24 heavy (non-hydrogen) atoms. The van der Waals surface area contributed by atoms with E-state index in [9.17, 15) is 8.78 Å². The molecule has 0 N–H and O–H groups in total. The number of ether oxygens (including phenoxy) is 1.